The molecule has 0 heterocycles. The standard InChI is InChI=1S/C12H17N3O2/c1-2-6-14-12(17)9-4-3-5-10(7-9)15-11(16)8-13/h3-5,7H,2,6,8,13H2,1H3,(H,14,17)(H,15,16). The van der Waals surface area contributed by atoms with Gasteiger partial charge in [0.1, 0.15) is 0 Å². The molecule has 0 spiro atoms. The van der Waals surface area contributed by atoms with Crippen molar-refractivity contribution in [2.24, 2.45) is 5.73 Å². The molecule has 4 N–H and O–H groups in total. The first-order valence-corrected chi connectivity index (χ1v) is 5.55. The summed E-state index contributed by atoms with van der Waals surface area (Å²) < 4.78 is 0. The molecule has 5 heteroatoms. The van der Waals surface area contributed by atoms with Gasteiger partial charge in [-0.2, -0.15) is 0 Å². The molecule has 0 unspecified atom stereocenters. The Bertz CT molecular complexity index is 404. The van der Waals surface area contributed by atoms with Gasteiger partial charge in [-0.3, -0.25) is 9.59 Å². The number of nitrogens with one attached hydrogen (secondary N) is 2. The average molecular weight is 235 g/mol. The maximum Gasteiger partial charge on any atom is 0.251 e. The van der Waals surface area contributed by atoms with E-state index in [1.807, 2.05) is 6.92 Å². The van der Waals surface area contributed by atoms with Crippen molar-refractivity contribution in [3.63, 3.8) is 0 Å². The smallest absolute Gasteiger partial charge is 0.251 e. The molecule has 0 fully saturated rings. The Morgan fingerprint density at radius 2 is 2.12 bits per heavy atom. The molecule has 0 aliphatic heterocycles. The molecule has 5 nitrogen and oxygen atoms in total. The second-order valence-electron chi connectivity index (χ2n) is 3.59. The topological polar surface area (TPSA) is 84.2 Å². The zero-order valence-corrected chi connectivity index (χ0v) is 9.82. The summed E-state index contributed by atoms with van der Waals surface area (Å²) in [6.07, 6.45) is 0.884. The number of amides is 2. The van der Waals surface area contributed by atoms with Gasteiger partial charge in [-0.05, 0) is 24.6 Å². The monoisotopic (exact) mass is 235 g/mol. The number of carbonyl (C=O) groups is 2. The van der Waals surface area contributed by atoms with Crippen LogP contribution in [0.25, 0.3) is 0 Å². The molecule has 0 aliphatic rings. The molecule has 0 aromatic heterocycles. The molecule has 1 rings (SSSR count). The maximum atomic E-state index is 11.7. The van der Waals surface area contributed by atoms with Crippen molar-refractivity contribution in [3.05, 3.63) is 29.8 Å². The lowest BCUT2D eigenvalue weighted by Crippen LogP contribution is -2.25. The minimum atomic E-state index is -0.281. The molecule has 0 saturated heterocycles. The number of hydrogen-bond acceptors (Lipinski definition) is 3. The van der Waals surface area contributed by atoms with Gasteiger partial charge in [-0.25, -0.2) is 0 Å². The molecule has 17 heavy (non-hydrogen) atoms. The number of benzene rings is 1. The van der Waals surface area contributed by atoms with E-state index in [0.717, 1.165) is 6.42 Å². The fraction of sp³-hybridized carbons (Fsp3) is 0.333. The summed E-state index contributed by atoms with van der Waals surface area (Å²) in [6, 6.07) is 6.75. The Labute approximate surface area is 100 Å². The van der Waals surface area contributed by atoms with Crippen LogP contribution in [0.2, 0.25) is 0 Å². The van der Waals surface area contributed by atoms with Gasteiger partial charge in [0.2, 0.25) is 5.91 Å². The molecule has 2 amide bonds. The van der Waals surface area contributed by atoms with Crippen LogP contribution in [0.5, 0.6) is 0 Å². The van der Waals surface area contributed by atoms with Crippen LogP contribution in [0.4, 0.5) is 5.69 Å². The molecule has 0 aliphatic carbocycles. The van der Waals surface area contributed by atoms with Gasteiger partial charge < -0.3 is 16.4 Å². The average Bonchev–Trinajstić information content (AvgIpc) is 2.36. The van der Waals surface area contributed by atoms with Crippen molar-refractivity contribution in [1.29, 1.82) is 0 Å². The zero-order valence-electron chi connectivity index (χ0n) is 9.82. The van der Waals surface area contributed by atoms with E-state index in [2.05, 4.69) is 10.6 Å². The third-order valence-electron chi connectivity index (χ3n) is 2.13. The van der Waals surface area contributed by atoms with Gasteiger partial charge in [0.05, 0.1) is 6.54 Å². The van der Waals surface area contributed by atoms with Crippen molar-refractivity contribution in [2.75, 3.05) is 18.4 Å². The van der Waals surface area contributed by atoms with Crippen LogP contribution in [-0.4, -0.2) is 24.9 Å². The highest BCUT2D eigenvalue weighted by atomic mass is 16.2. The van der Waals surface area contributed by atoms with E-state index in [4.69, 9.17) is 5.73 Å². The van der Waals surface area contributed by atoms with Gasteiger partial charge in [-0.15, -0.1) is 0 Å². The third kappa shape index (κ3) is 4.24. The van der Waals surface area contributed by atoms with E-state index in [1.54, 1.807) is 24.3 Å². The van der Waals surface area contributed by atoms with E-state index in [1.165, 1.54) is 0 Å². The SMILES string of the molecule is CCCNC(=O)c1cccc(NC(=O)CN)c1. The lowest BCUT2D eigenvalue weighted by molar-refractivity contribution is -0.114. The highest BCUT2D eigenvalue weighted by molar-refractivity contribution is 5.97. The van der Waals surface area contributed by atoms with Crippen molar-refractivity contribution >= 4 is 17.5 Å². The van der Waals surface area contributed by atoms with Crippen LogP contribution >= 0.6 is 0 Å². The molecule has 0 radical (unpaired) electrons. The van der Waals surface area contributed by atoms with Crippen LogP contribution in [0.3, 0.4) is 0 Å². The van der Waals surface area contributed by atoms with Crippen molar-refractivity contribution in [3.8, 4) is 0 Å². The highest BCUT2D eigenvalue weighted by Crippen LogP contribution is 2.10. The van der Waals surface area contributed by atoms with Gasteiger partial charge in [0.25, 0.3) is 5.91 Å². The Morgan fingerprint density at radius 3 is 2.76 bits per heavy atom. The Hall–Kier alpha value is -1.88. The number of carbonyl (C=O) groups excluding carboxylic acids is 2. The fourth-order valence-corrected chi connectivity index (χ4v) is 1.29. The fourth-order valence-electron chi connectivity index (χ4n) is 1.29. The summed E-state index contributed by atoms with van der Waals surface area (Å²) in [5.41, 5.74) is 6.29. The van der Waals surface area contributed by atoms with E-state index >= 15 is 0 Å². The molecule has 0 bridgehead atoms. The second kappa shape index (κ2) is 6.65. The molecular weight excluding hydrogens is 218 g/mol. The summed E-state index contributed by atoms with van der Waals surface area (Å²) >= 11 is 0. The van der Waals surface area contributed by atoms with Crippen LogP contribution in [0, 0.1) is 0 Å². The van der Waals surface area contributed by atoms with E-state index < -0.39 is 0 Å². The van der Waals surface area contributed by atoms with Gasteiger partial charge in [-0.1, -0.05) is 13.0 Å². The second-order valence-corrected chi connectivity index (χ2v) is 3.59. The van der Waals surface area contributed by atoms with Gasteiger partial charge in [0.15, 0.2) is 0 Å². The Kier molecular flexibility index (Phi) is 5.16. The number of nitrogens with two attached hydrogens (primary N) is 1. The first-order valence-electron chi connectivity index (χ1n) is 5.55. The zero-order chi connectivity index (χ0) is 12.7. The Morgan fingerprint density at radius 1 is 1.35 bits per heavy atom. The van der Waals surface area contributed by atoms with Crippen molar-refractivity contribution < 1.29 is 9.59 Å². The van der Waals surface area contributed by atoms with E-state index in [9.17, 15) is 9.59 Å². The predicted molar refractivity (Wildman–Crippen MR) is 66.8 cm³/mol. The van der Waals surface area contributed by atoms with E-state index in [-0.39, 0.29) is 18.4 Å². The minimum Gasteiger partial charge on any atom is -0.352 e. The quantitative estimate of drug-likeness (QED) is 0.703. The molecule has 0 atom stereocenters. The lowest BCUT2D eigenvalue weighted by atomic mass is 10.2. The molecule has 0 saturated carbocycles. The summed E-state index contributed by atoms with van der Waals surface area (Å²) in [5, 5.41) is 5.37. The number of rotatable bonds is 5. The molecular formula is C12H17N3O2. The summed E-state index contributed by atoms with van der Waals surface area (Å²) in [4.78, 5) is 22.8. The number of hydrogen-bond donors (Lipinski definition) is 3. The van der Waals surface area contributed by atoms with E-state index in [0.29, 0.717) is 17.8 Å². The first kappa shape index (κ1) is 13.2. The van der Waals surface area contributed by atoms with Crippen LogP contribution in [0.15, 0.2) is 24.3 Å². The summed E-state index contributed by atoms with van der Waals surface area (Å²) in [7, 11) is 0. The third-order valence-corrected chi connectivity index (χ3v) is 2.13. The maximum absolute atomic E-state index is 11.7. The molecule has 1 aromatic rings. The van der Waals surface area contributed by atoms with Gasteiger partial charge >= 0.3 is 0 Å². The van der Waals surface area contributed by atoms with Gasteiger partial charge in [0, 0.05) is 17.8 Å². The summed E-state index contributed by atoms with van der Waals surface area (Å²) in [6.45, 7) is 2.54. The van der Waals surface area contributed by atoms with Crippen molar-refractivity contribution in [1.82, 2.24) is 5.32 Å². The molecule has 1 aromatic carbocycles. The minimum absolute atomic E-state index is 0.0771. The number of anilines is 1. The van der Waals surface area contributed by atoms with Crippen LogP contribution in [-0.2, 0) is 4.79 Å². The van der Waals surface area contributed by atoms with Crippen LogP contribution in [0.1, 0.15) is 23.7 Å². The Balaban J connectivity index is 2.71. The normalized spacial score (nSPS) is 9.76. The summed E-state index contributed by atoms with van der Waals surface area (Å²) in [5.74, 6) is -0.424. The van der Waals surface area contributed by atoms with Crippen LogP contribution < -0.4 is 16.4 Å². The largest absolute Gasteiger partial charge is 0.352 e. The van der Waals surface area contributed by atoms with Crippen molar-refractivity contribution in [2.45, 2.75) is 13.3 Å². The highest BCUT2D eigenvalue weighted by Gasteiger charge is 2.06. The molecule has 92 valence electrons. The predicted octanol–water partition coefficient (Wildman–Crippen LogP) is 0.724. The first-order chi connectivity index (χ1) is 8.17. The lowest BCUT2D eigenvalue weighted by Gasteiger charge is -2.07.